The predicted molar refractivity (Wildman–Crippen MR) is 149 cm³/mol. The molecule has 2 aromatic carbocycles. The van der Waals surface area contributed by atoms with Gasteiger partial charge in [0.05, 0.1) is 28.3 Å². The number of nitrogens with zero attached hydrogens (tertiary/aromatic N) is 2. The number of alkyl halides is 3. The van der Waals surface area contributed by atoms with Crippen molar-refractivity contribution in [3.63, 3.8) is 0 Å². The highest BCUT2D eigenvalue weighted by molar-refractivity contribution is 6.11. The topological polar surface area (TPSA) is 108 Å². The number of furan rings is 1. The molecule has 1 atom stereocenters. The van der Waals surface area contributed by atoms with Crippen molar-refractivity contribution in [3.05, 3.63) is 77.0 Å². The molecule has 2 heterocycles. The summed E-state index contributed by atoms with van der Waals surface area (Å²) in [5.74, 6) is -3.24. The van der Waals surface area contributed by atoms with Crippen LogP contribution in [0.25, 0.3) is 33.6 Å². The third-order valence-electron chi connectivity index (χ3n) is 7.25. The quantitative estimate of drug-likeness (QED) is 0.213. The number of aromatic nitrogens is 1. The zero-order valence-corrected chi connectivity index (χ0v) is 23.6. The van der Waals surface area contributed by atoms with E-state index in [9.17, 15) is 36.8 Å². The monoisotopic (exact) mass is 598 g/mol. The number of nitriles is 1. The molecule has 0 aliphatic heterocycles. The van der Waals surface area contributed by atoms with Crippen molar-refractivity contribution < 1.29 is 36.0 Å². The molecule has 0 bridgehead atoms. The van der Waals surface area contributed by atoms with Crippen LogP contribution in [0.5, 0.6) is 0 Å². The van der Waals surface area contributed by atoms with Crippen molar-refractivity contribution in [2.24, 2.45) is 5.92 Å². The van der Waals surface area contributed by atoms with Crippen molar-refractivity contribution in [3.8, 4) is 28.5 Å². The molecule has 0 saturated carbocycles. The van der Waals surface area contributed by atoms with Gasteiger partial charge in [0.25, 0.3) is 11.8 Å². The van der Waals surface area contributed by atoms with Gasteiger partial charge in [0.1, 0.15) is 22.9 Å². The van der Waals surface area contributed by atoms with Crippen LogP contribution in [-0.4, -0.2) is 35.6 Å². The van der Waals surface area contributed by atoms with Crippen molar-refractivity contribution in [1.29, 1.82) is 5.26 Å². The first-order chi connectivity index (χ1) is 20.2. The molecule has 0 aliphatic carbocycles. The van der Waals surface area contributed by atoms with Crippen LogP contribution in [0.1, 0.15) is 53.6 Å². The number of halogens is 5. The van der Waals surface area contributed by atoms with Gasteiger partial charge in [-0.15, -0.1) is 0 Å². The number of pyridine rings is 1. The van der Waals surface area contributed by atoms with Gasteiger partial charge in [-0.2, -0.15) is 18.4 Å². The Bertz CT molecular complexity index is 1740. The first-order valence-corrected chi connectivity index (χ1v) is 13.2. The summed E-state index contributed by atoms with van der Waals surface area (Å²) in [6, 6.07) is 11.9. The molecule has 1 unspecified atom stereocenters. The van der Waals surface area contributed by atoms with E-state index in [4.69, 9.17) is 4.42 Å². The second-order valence-electron chi connectivity index (χ2n) is 10.5. The number of carbonyl (C=O) groups excluding carboxylic acids is 2. The minimum atomic E-state index is -4.53. The lowest BCUT2D eigenvalue weighted by molar-refractivity contribution is -0.134. The molecule has 43 heavy (non-hydrogen) atoms. The molecular weight excluding hydrogens is 571 g/mol. The molecule has 2 aromatic heterocycles. The lowest BCUT2D eigenvalue weighted by Gasteiger charge is -2.27. The number of benzene rings is 2. The van der Waals surface area contributed by atoms with Gasteiger partial charge >= 0.3 is 6.18 Å². The summed E-state index contributed by atoms with van der Waals surface area (Å²) in [6.07, 6.45) is -6.36. The molecule has 4 rings (SSSR count). The van der Waals surface area contributed by atoms with Crippen LogP contribution in [-0.2, 0) is 6.42 Å². The fourth-order valence-electron chi connectivity index (χ4n) is 4.39. The average molecular weight is 599 g/mol. The van der Waals surface area contributed by atoms with Gasteiger partial charge in [-0.1, -0.05) is 19.9 Å². The SMILES string of the molecule is CNC(=O)c1c(-c2ccc(F)cc2)oc2nc(CCC(F)(F)F)c(-c3ccc(F)c(C(=O)NC(C)(C#N)C(C)C)c3)cc12. The molecule has 12 heteroatoms. The van der Waals surface area contributed by atoms with Crippen LogP contribution in [0.3, 0.4) is 0 Å². The zero-order chi connectivity index (χ0) is 31.7. The molecule has 0 fully saturated rings. The van der Waals surface area contributed by atoms with Gasteiger partial charge in [-0.25, -0.2) is 13.8 Å². The molecule has 2 N–H and O–H groups in total. The summed E-state index contributed by atoms with van der Waals surface area (Å²) in [6.45, 7) is 4.90. The standard InChI is InChI=1S/C31H27F5N4O3/c1-16(2)30(3,15-37)40-27(41)21-13-18(7-10-23(21)33)20-14-22-25(28(42)38-4)26(17-5-8-19(32)9-6-17)43-29(22)39-24(20)11-12-31(34,35)36/h5-10,13-14,16H,11-12H2,1-4H3,(H,38,42)(H,40,41). The van der Waals surface area contributed by atoms with Crippen LogP contribution in [0.2, 0.25) is 0 Å². The molecular formula is C31H27F5N4O3. The van der Waals surface area contributed by atoms with E-state index in [0.29, 0.717) is 5.56 Å². The first-order valence-electron chi connectivity index (χ1n) is 13.2. The summed E-state index contributed by atoms with van der Waals surface area (Å²) in [4.78, 5) is 30.4. The van der Waals surface area contributed by atoms with Gasteiger partial charge < -0.3 is 15.1 Å². The fraction of sp³-hybridized carbons (Fsp3) is 0.290. The molecule has 2 amide bonds. The highest BCUT2D eigenvalue weighted by Crippen LogP contribution is 2.38. The van der Waals surface area contributed by atoms with Crippen LogP contribution in [0.4, 0.5) is 22.0 Å². The average Bonchev–Trinajstić information content (AvgIpc) is 3.33. The van der Waals surface area contributed by atoms with E-state index in [0.717, 1.165) is 24.3 Å². The minimum Gasteiger partial charge on any atom is -0.437 e. The lowest BCUT2D eigenvalue weighted by atomic mass is 9.89. The normalized spacial score (nSPS) is 13.0. The van der Waals surface area contributed by atoms with E-state index in [1.54, 1.807) is 13.8 Å². The smallest absolute Gasteiger partial charge is 0.389 e. The first kappa shape index (κ1) is 31.2. The summed E-state index contributed by atoms with van der Waals surface area (Å²) in [5, 5.41) is 14.7. The number of rotatable bonds is 8. The van der Waals surface area contributed by atoms with E-state index in [2.05, 4.69) is 15.6 Å². The summed E-state index contributed by atoms with van der Waals surface area (Å²) >= 11 is 0. The Morgan fingerprint density at radius 1 is 1.02 bits per heavy atom. The summed E-state index contributed by atoms with van der Waals surface area (Å²) < 4.78 is 74.2. The van der Waals surface area contributed by atoms with Crippen molar-refractivity contribution in [1.82, 2.24) is 15.6 Å². The Morgan fingerprint density at radius 2 is 1.67 bits per heavy atom. The maximum Gasteiger partial charge on any atom is 0.389 e. The van der Waals surface area contributed by atoms with Gasteiger partial charge in [-0.05, 0) is 67.3 Å². The maximum atomic E-state index is 14.9. The maximum absolute atomic E-state index is 14.9. The zero-order valence-electron chi connectivity index (χ0n) is 23.6. The van der Waals surface area contributed by atoms with Crippen molar-refractivity contribution in [2.45, 2.75) is 45.3 Å². The Balaban J connectivity index is 1.94. The number of amides is 2. The Kier molecular flexibility index (Phi) is 8.57. The van der Waals surface area contributed by atoms with Gasteiger partial charge in [0.15, 0.2) is 0 Å². The van der Waals surface area contributed by atoms with Gasteiger partial charge in [0.2, 0.25) is 5.71 Å². The second-order valence-corrected chi connectivity index (χ2v) is 10.5. The lowest BCUT2D eigenvalue weighted by Crippen LogP contribution is -2.49. The van der Waals surface area contributed by atoms with E-state index in [1.807, 2.05) is 6.07 Å². The number of aryl methyl sites for hydroxylation is 1. The predicted octanol–water partition coefficient (Wildman–Crippen LogP) is 6.96. The van der Waals surface area contributed by atoms with E-state index >= 15 is 0 Å². The third kappa shape index (κ3) is 6.51. The molecule has 0 aliphatic rings. The van der Waals surface area contributed by atoms with Gasteiger partial charge in [0, 0.05) is 24.6 Å². The Labute approximate surface area is 243 Å². The number of nitrogens with one attached hydrogen (secondary N) is 2. The third-order valence-corrected chi connectivity index (χ3v) is 7.25. The highest BCUT2D eigenvalue weighted by Gasteiger charge is 2.32. The van der Waals surface area contributed by atoms with Crippen LogP contribution in [0.15, 0.2) is 52.9 Å². The highest BCUT2D eigenvalue weighted by atomic mass is 19.4. The summed E-state index contributed by atoms with van der Waals surface area (Å²) in [7, 11) is 1.37. The van der Waals surface area contributed by atoms with Crippen molar-refractivity contribution in [2.75, 3.05) is 7.05 Å². The Morgan fingerprint density at radius 3 is 2.26 bits per heavy atom. The largest absolute Gasteiger partial charge is 0.437 e. The van der Waals surface area contributed by atoms with E-state index in [1.165, 1.54) is 38.2 Å². The molecule has 0 radical (unpaired) electrons. The molecule has 4 aromatic rings. The van der Waals surface area contributed by atoms with Crippen LogP contribution < -0.4 is 10.6 Å². The number of hydrogen-bond donors (Lipinski definition) is 2. The second kappa shape index (κ2) is 11.8. The van der Waals surface area contributed by atoms with Crippen molar-refractivity contribution >= 4 is 22.9 Å². The number of carbonyl (C=O) groups is 2. The van der Waals surface area contributed by atoms with Crippen LogP contribution in [0, 0.1) is 28.9 Å². The molecule has 224 valence electrons. The fourth-order valence-corrected chi connectivity index (χ4v) is 4.39. The number of fused-ring (bicyclic) bond motifs is 1. The molecule has 0 saturated heterocycles. The molecule has 0 spiro atoms. The minimum absolute atomic E-state index is 0.00188. The van der Waals surface area contributed by atoms with E-state index in [-0.39, 0.29) is 45.2 Å². The van der Waals surface area contributed by atoms with Crippen LogP contribution >= 0.6 is 0 Å². The van der Waals surface area contributed by atoms with E-state index < -0.39 is 53.6 Å². The Hall–Kier alpha value is -4.79. The molecule has 7 nitrogen and oxygen atoms in total. The van der Waals surface area contributed by atoms with Gasteiger partial charge in [-0.3, -0.25) is 9.59 Å². The number of hydrogen-bond acceptors (Lipinski definition) is 5. The summed E-state index contributed by atoms with van der Waals surface area (Å²) in [5.41, 5.74) is -1.40.